The average Bonchev–Trinajstić information content (AvgIpc) is 3.16. The largest absolute Gasteiger partial charge is 0.495 e. The summed E-state index contributed by atoms with van der Waals surface area (Å²) in [6.07, 6.45) is 2.79. The zero-order valence-corrected chi connectivity index (χ0v) is 11.7. The van der Waals surface area contributed by atoms with Gasteiger partial charge in [-0.15, -0.1) is 11.3 Å². The van der Waals surface area contributed by atoms with Crippen LogP contribution in [0.2, 0.25) is 0 Å². The summed E-state index contributed by atoms with van der Waals surface area (Å²) in [7, 11) is 1.60. The van der Waals surface area contributed by atoms with Crippen molar-refractivity contribution in [1.82, 2.24) is 9.78 Å². The van der Waals surface area contributed by atoms with Gasteiger partial charge < -0.3 is 9.84 Å². The Hall–Kier alpha value is -2.11. The number of methoxy groups -OCH3 is 1. The number of nitrogens with zero attached hydrogens (tertiary/aromatic N) is 2. The molecule has 2 heterocycles. The standard InChI is InChI=1S/C15H14N2O2S/c1-19-13-7-8-20-15(13)14(18)11-9-16-17(10-11)12-5-3-2-4-6-12/h2-10,14,18H,1H3. The van der Waals surface area contributed by atoms with Crippen molar-refractivity contribution in [3.63, 3.8) is 0 Å². The lowest BCUT2D eigenvalue weighted by atomic mass is 10.1. The molecule has 0 fully saturated rings. The van der Waals surface area contributed by atoms with Crippen molar-refractivity contribution >= 4 is 11.3 Å². The van der Waals surface area contributed by atoms with Crippen LogP contribution >= 0.6 is 11.3 Å². The molecule has 0 bridgehead atoms. The molecule has 0 saturated carbocycles. The van der Waals surface area contributed by atoms with Gasteiger partial charge in [0.15, 0.2) is 0 Å². The van der Waals surface area contributed by atoms with Crippen molar-refractivity contribution in [2.75, 3.05) is 7.11 Å². The maximum Gasteiger partial charge on any atom is 0.135 e. The first kappa shape index (κ1) is 12.9. The number of aromatic nitrogens is 2. The molecule has 0 spiro atoms. The van der Waals surface area contributed by atoms with Gasteiger partial charge in [-0.2, -0.15) is 5.10 Å². The fourth-order valence-corrected chi connectivity index (χ4v) is 2.90. The van der Waals surface area contributed by atoms with E-state index in [9.17, 15) is 5.11 Å². The van der Waals surface area contributed by atoms with E-state index in [4.69, 9.17) is 4.74 Å². The van der Waals surface area contributed by atoms with E-state index in [1.165, 1.54) is 11.3 Å². The molecular formula is C15H14N2O2S. The van der Waals surface area contributed by atoms with Crippen LogP contribution in [-0.4, -0.2) is 22.0 Å². The molecule has 4 nitrogen and oxygen atoms in total. The second-order valence-corrected chi connectivity index (χ2v) is 5.26. The second kappa shape index (κ2) is 5.48. The van der Waals surface area contributed by atoms with E-state index in [0.29, 0.717) is 5.75 Å². The van der Waals surface area contributed by atoms with Gasteiger partial charge in [-0.1, -0.05) is 18.2 Å². The average molecular weight is 286 g/mol. The van der Waals surface area contributed by atoms with Crippen LogP contribution in [-0.2, 0) is 0 Å². The third-order valence-corrected chi connectivity index (χ3v) is 4.02. The van der Waals surface area contributed by atoms with Crippen LogP contribution in [0.4, 0.5) is 0 Å². The van der Waals surface area contributed by atoms with E-state index in [2.05, 4.69) is 5.10 Å². The first-order chi connectivity index (χ1) is 9.79. The van der Waals surface area contributed by atoms with E-state index in [1.807, 2.05) is 48.0 Å². The summed E-state index contributed by atoms with van der Waals surface area (Å²) in [5, 5.41) is 16.6. The van der Waals surface area contributed by atoms with Crippen molar-refractivity contribution in [3.05, 3.63) is 64.6 Å². The minimum Gasteiger partial charge on any atom is -0.495 e. The molecule has 1 aromatic carbocycles. The monoisotopic (exact) mass is 286 g/mol. The molecule has 102 valence electrons. The van der Waals surface area contributed by atoms with Gasteiger partial charge in [0.2, 0.25) is 0 Å². The highest BCUT2D eigenvalue weighted by Crippen LogP contribution is 2.34. The lowest BCUT2D eigenvalue weighted by Crippen LogP contribution is -1.98. The molecule has 1 atom stereocenters. The number of aliphatic hydroxyl groups is 1. The predicted molar refractivity (Wildman–Crippen MR) is 78.5 cm³/mol. The molecule has 0 amide bonds. The molecular weight excluding hydrogens is 272 g/mol. The third-order valence-electron chi connectivity index (χ3n) is 3.06. The highest BCUT2D eigenvalue weighted by atomic mass is 32.1. The Morgan fingerprint density at radius 3 is 2.80 bits per heavy atom. The van der Waals surface area contributed by atoms with E-state index in [1.54, 1.807) is 18.0 Å². The molecule has 0 aliphatic rings. The SMILES string of the molecule is COc1ccsc1C(O)c1cnn(-c2ccccc2)c1. The number of ether oxygens (including phenoxy) is 1. The number of aliphatic hydroxyl groups excluding tert-OH is 1. The first-order valence-electron chi connectivity index (χ1n) is 6.19. The molecule has 2 aromatic heterocycles. The van der Waals surface area contributed by atoms with Gasteiger partial charge in [0.05, 0.1) is 23.9 Å². The summed E-state index contributed by atoms with van der Waals surface area (Å²) in [6, 6.07) is 11.7. The Morgan fingerprint density at radius 1 is 1.25 bits per heavy atom. The van der Waals surface area contributed by atoms with Gasteiger partial charge in [-0.25, -0.2) is 4.68 Å². The lowest BCUT2D eigenvalue weighted by Gasteiger charge is -2.08. The van der Waals surface area contributed by atoms with Crippen LogP contribution in [0.1, 0.15) is 16.5 Å². The van der Waals surface area contributed by atoms with Crippen molar-refractivity contribution < 1.29 is 9.84 Å². The zero-order chi connectivity index (χ0) is 13.9. The molecule has 0 aliphatic carbocycles. The van der Waals surface area contributed by atoms with E-state index < -0.39 is 6.10 Å². The number of para-hydroxylation sites is 1. The Balaban J connectivity index is 1.91. The summed E-state index contributed by atoms with van der Waals surface area (Å²) in [5.74, 6) is 0.704. The fraction of sp³-hybridized carbons (Fsp3) is 0.133. The van der Waals surface area contributed by atoms with E-state index in [0.717, 1.165) is 16.1 Å². The highest BCUT2D eigenvalue weighted by Gasteiger charge is 2.18. The van der Waals surface area contributed by atoms with Crippen molar-refractivity contribution in [3.8, 4) is 11.4 Å². The molecule has 5 heteroatoms. The molecule has 1 N–H and O–H groups in total. The minimum absolute atomic E-state index is 0.704. The molecule has 1 unspecified atom stereocenters. The summed E-state index contributed by atoms with van der Waals surface area (Å²) < 4.78 is 6.99. The normalized spacial score (nSPS) is 12.3. The maximum atomic E-state index is 10.4. The zero-order valence-electron chi connectivity index (χ0n) is 10.9. The van der Waals surface area contributed by atoms with Gasteiger partial charge in [-0.3, -0.25) is 0 Å². The van der Waals surface area contributed by atoms with E-state index in [-0.39, 0.29) is 0 Å². The third kappa shape index (κ3) is 2.33. The van der Waals surface area contributed by atoms with Crippen molar-refractivity contribution in [2.45, 2.75) is 6.10 Å². The molecule has 0 aliphatic heterocycles. The Kier molecular flexibility index (Phi) is 3.54. The Labute approximate surface area is 120 Å². The van der Waals surface area contributed by atoms with Crippen LogP contribution in [0, 0.1) is 0 Å². The fourth-order valence-electron chi connectivity index (χ4n) is 2.03. The number of benzene rings is 1. The predicted octanol–water partition coefficient (Wildman–Crippen LogP) is 3.02. The maximum absolute atomic E-state index is 10.4. The lowest BCUT2D eigenvalue weighted by molar-refractivity contribution is 0.219. The van der Waals surface area contributed by atoms with Gasteiger partial charge in [-0.05, 0) is 23.6 Å². The number of rotatable bonds is 4. The molecule has 3 rings (SSSR count). The molecule has 0 saturated heterocycles. The van der Waals surface area contributed by atoms with Crippen molar-refractivity contribution in [1.29, 1.82) is 0 Å². The van der Waals surface area contributed by atoms with Crippen LogP contribution in [0.3, 0.4) is 0 Å². The van der Waals surface area contributed by atoms with E-state index >= 15 is 0 Å². The van der Waals surface area contributed by atoms with Gasteiger partial charge >= 0.3 is 0 Å². The van der Waals surface area contributed by atoms with Gasteiger partial charge in [0.1, 0.15) is 11.9 Å². The van der Waals surface area contributed by atoms with Crippen LogP contribution < -0.4 is 4.74 Å². The summed E-state index contributed by atoms with van der Waals surface area (Å²) in [5.41, 5.74) is 1.71. The van der Waals surface area contributed by atoms with Gasteiger partial charge in [0, 0.05) is 11.8 Å². The minimum atomic E-state index is -0.720. The Bertz CT molecular complexity index is 691. The van der Waals surface area contributed by atoms with Crippen molar-refractivity contribution in [2.24, 2.45) is 0 Å². The molecule has 3 aromatic rings. The quantitative estimate of drug-likeness (QED) is 0.802. The molecule has 20 heavy (non-hydrogen) atoms. The van der Waals surface area contributed by atoms with Crippen LogP contribution in [0.5, 0.6) is 5.75 Å². The number of hydrogen-bond acceptors (Lipinski definition) is 4. The first-order valence-corrected chi connectivity index (χ1v) is 7.07. The number of hydrogen-bond donors (Lipinski definition) is 1. The summed E-state index contributed by atoms with van der Waals surface area (Å²) in [6.45, 7) is 0. The highest BCUT2D eigenvalue weighted by molar-refractivity contribution is 7.10. The smallest absolute Gasteiger partial charge is 0.135 e. The van der Waals surface area contributed by atoms with Crippen LogP contribution in [0.15, 0.2) is 54.2 Å². The van der Waals surface area contributed by atoms with Gasteiger partial charge in [0.25, 0.3) is 0 Å². The summed E-state index contributed by atoms with van der Waals surface area (Å²) in [4.78, 5) is 0.792. The second-order valence-electron chi connectivity index (χ2n) is 4.31. The topological polar surface area (TPSA) is 47.3 Å². The Morgan fingerprint density at radius 2 is 2.05 bits per heavy atom. The van der Waals surface area contributed by atoms with Crippen LogP contribution in [0.25, 0.3) is 5.69 Å². The number of thiophene rings is 1. The summed E-state index contributed by atoms with van der Waals surface area (Å²) >= 11 is 1.47. The molecule has 0 radical (unpaired) electrons.